The highest BCUT2D eigenvalue weighted by molar-refractivity contribution is 5.29. The highest BCUT2D eigenvalue weighted by atomic mass is 16.5. The first-order chi connectivity index (χ1) is 8.27. The van der Waals surface area contributed by atoms with Crippen molar-refractivity contribution in [1.82, 2.24) is 10.3 Å². The smallest absolute Gasteiger partial charge is 0.142 e. The summed E-state index contributed by atoms with van der Waals surface area (Å²) >= 11 is 0. The monoisotopic (exact) mass is 236 g/mol. The van der Waals surface area contributed by atoms with Gasteiger partial charge in [-0.25, -0.2) is 0 Å². The first-order valence-electron chi connectivity index (χ1n) is 6.58. The lowest BCUT2D eigenvalue weighted by Crippen LogP contribution is -2.17. The van der Waals surface area contributed by atoms with E-state index in [0.29, 0.717) is 0 Å². The normalized spacial score (nSPS) is 12.4. The van der Waals surface area contributed by atoms with Crippen molar-refractivity contribution in [2.45, 2.75) is 52.7 Å². The molecule has 1 aromatic rings. The van der Waals surface area contributed by atoms with Crippen LogP contribution in [0.25, 0.3) is 0 Å². The number of aromatic nitrogens is 1. The van der Waals surface area contributed by atoms with Crippen molar-refractivity contribution in [3.8, 4) is 5.75 Å². The lowest BCUT2D eigenvalue weighted by Gasteiger charge is -2.16. The molecular formula is C14H24N2O. The van der Waals surface area contributed by atoms with E-state index >= 15 is 0 Å². The average Bonchev–Trinajstić information content (AvgIpc) is 2.32. The van der Waals surface area contributed by atoms with E-state index < -0.39 is 0 Å². The zero-order chi connectivity index (χ0) is 12.5. The molecule has 0 aliphatic heterocycles. The van der Waals surface area contributed by atoms with E-state index in [2.05, 4.69) is 31.1 Å². The van der Waals surface area contributed by atoms with Gasteiger partial charge in [0.1, 0.15) is 5.75 Å². The zero-order valence-electron chi connectivity index (χ0n) is 11.2. The molecule has 96 valence electrons. The van der Waals surface area contributed by atoms with Crippen molar-refractivity contribution in [3.05, 3.63) is 24.0 Å². The Morgan fingerprint density at radius 2 is 2.18 bits per heavy atom. The van der Waals surface area contributed by atoms with Crippen LogP contribution in [0.4, 0.5) is 0 Å². The van der Waals surface area contributed by atoms with Crippen LogP contribution in [0.1, 0.15) is 45.6 Å². The topological polar surface area (TPSA) is 34.2 Å². The molecule has 17 heavy (non-hydrogen) atoms. The van der Waals surface area contributed by atoms with Gasteiger partial charge in [-0.1, -0.05) is 20.3 Å². The van der Waals surface area contributed by atoms with Gasteiger partial charge >= 0.3 is 0 Å². The van der Waals surface area contributed by atoms with Crippen LogP contribution in [0, 0.1) is 0 Å². The molecule has 3 heteroatoms. The summed E-state index contributed by atoms with van der Waals surface area (Å²) < 4.78 is 5.91. The molecule has 0 amide bonds. The van der Waals surface area contributed by atoms with Gasteiger partial charge in [-0.2, -0.15) is 0 Å². The standard InChI is InChI=1S/C14H24N2O/c1-4-6-12(3)17-14-11-16-9-7-13(14)10-15-8-5-2/h7,9,11-12,15H,4-6,8,10H2,1-3H3. The molecule has 0 fully saturated rings. The van der Waals surface area contributed by atoms with Crippen LogP contribution in [0.15, 0.2) is 18.5 Å². The van der Waals surface area contributed by atoms with Crippen molar-refractivity contribution in [1.29, 1.82) is 0 Å². The highest BCUT2D eigenvalue weighted by Crippen LogP contribution is 2.18. The van der Waals surface area contributed by atoms with Crippen molar-refractivity contribution in [3.63, 3.8) is 0 Å². The highest BCUT2D eigenvalue weighted by Gasteiger charge is 2.07. The molecule has 1 aromatic heterocycles. The van der Waals surface area contributed by atoms with Gasteiger partial charge in [0.25, 0.3) is 0 Å². The molecule has 1 unspecified atom stereocenters. The van der Waals surface area contributed by atoms with E-state index in [1.165, 1.54) is 5.56 Å². The van der Waals surface area contributed by atoms with Crippen molar-refractivity contribution >= 4 is 0 Å². The SMILES string of the molecule is CCCNCc1ccncc1OC(C)CCC. The Morgan fingerprint density at radius 3 is 2.88 bits per heavy atom. The minimum atomic E-state index is 0.258. The Bertz CT molecular complexity index is 315. The van der Waals surface area contributed by atoms with Gasteiger partial charge in [-0.15, -0.1) is 0 Å². The largest absolute Gasteiger partial charge is 0.489 e. The molecule has 0 aliphatic carbocycles. The molecule has 0 radical (unpaired) electrons. The second-order valence-corrected chi connectivity index (χ2v) is 4.38. The van der Waals surface area contributed by atoms with E-state index in [4.69, 9.17) is 4.74 Å². The summed E-state index contributed by atoms with van der Waals surface area (Å²) in [5.74, 6) is 0.914. The Morgan fingerprint density at radius 1 is 1.35 bits per heavy atom. The number of nitrogens with zero attached hydrogens (tertiary/aromatic N) is 1. The van der Waals surface area contributed by atoms with E-state index in [1.807, 2.05) is 18.5 Å². The molecule has 0 saturated carbocycles. The van der Waals surface area contributed by atoms with Crippen LogP contribution in [0.3, 0.4) is 0 Å². The second-order valence-electron chi connectivity index (χ2n) is 4.38. The van der Waals surface area contributed by atoms with E-state index in [-0.39, 0.29) is 6.10 Å². The number of rotatable bonds is 8. The summed E-state index contributed by atoms with van der Waals surface area (Å²) in [6, 6.07) is 2.02. The second kappa shape index (κ2) is 8.07. The summed E-state index contributed by atoms with van der Waals surface area (Å²) in [5, 5.41) is 3.39. The van der Waals surface area contributed by atoms with E-state index in [1.54, 1.807) is 0 Å². The van der Waals surface area contributed by atoms with Gasteiger partial charge in [-0.05, 0) is 32.4 Å². The molecular weight excluding hydrogens is 212 g/mol. The lowest BCUT2D eigenvalue weighted by molar-refractivity contribution is 0.206. The summed E-state index contributed by atoms with van der Waals surface area (Å²) in [6.45, 7) is 8.34. The Hall–Kier alpha value is -1.09. The predicted molar refractivity (Wildman–Crippen MR) is 71.2 cm³/mol. The quantitative estimate of drug-likeness (QED) is 0.704. The van der Waals surface area contributed by atoms with Gasteiger partial charge in [0.15, 0.2) is 0 Å². The van der Waals surface area contributed by atoms with E-state index in [9.17, 15) is 0 Å². The summed E-state index contributed by atoms with van der Waals surface area (Å²) in [7, 11) is 0. The molecule has 0 spiro atoms. The summed E-state index contributed by atoms with van der Waals surface area (Å²) in [4.78, 5) is 4.13. The zero-order valence-corrected chi connectivity index (χ0v) is 11.2. The van der Waals surface area contributed by atoms with Crippen molar-refractivity contribution in [2.24, 2.45) is 0 Å². The first kappa shape index (κ1) is 14.0. The molecule has 1 rings (SSSR count). The van der Waals surface area contributed by atoms with Crippen LogP contribution in [0.5, 0.6) is 5.75 Å². The molecule has 1 heterocycles. The maximum absolute atomic E-state index is 5.91. The fourth-order valence-electron chi connectivity index (χ4n) is 1.74. The van der Waals surface area contributed by atoms with E-state index in [0.717, 1.165) is 38.1 Å². The third-order valence-corrected chi connectivity index (χ3v) is 2.64. The van der Waals surface area contributed by atoms with Gasteiger partial charge in [0, 0.05) is 18.3 Å². The molecule has 1 N–H and O–H groups in total. The van der Waals surface area contributed by atoms with Crippen LogP contribution >= 0.6 is 0 Å². The van der Waals surface area contributed by atoms with Crippen LogP contribution in [-0.4, -0.2) is 17.6 Å². The van der Waals surface area contributed by atoms with Crippen LogP contribution < -0.4 is 10.1 Å². The molecule has 1 atom stereocenters. The van der Waals surface area contributed by atoms with Crippen molar-refractivity contribution in [2.75, 3.05) is 6.54 Å². The fourth-order valence-corrected chi connectivity index (χ4v) is 1.74. The number of hydrogen-bond acceptors (Lipinski definition) is 3. The van der Waals surface area contributed by atoms with Gasteiger partial charge in [0.05, 0.1) is 12.3 Å². The maximum Gasteiger partial charge on any atom is 0.142 e. The Balaban J connectivity index is 2.57. The Labute approximate surface area is 105 Å². The van der Waals surface area contributed by atoms with Gasteiger partial charge in [0.2, 0.25) is 0 Å². The lowest BCUT2D eigenvalue weighted by atomic mass is 10.2. The number of pyridine rings is 1. The Kier molecular flexibility index (Phi) is 6.63. The molecule has 0 saturated heterocycles. The molecule has 0 aliphatic rings. The van der Waals surface area contributed by atoms with Crippen LogP contribution in [-0.2, 0) is 6.54 Å². The van der Waals surface area contributed by atoms with Gasteiger partial charge in [-0.3, -0.25) is 4.98 Å². The minimum Gasteiger partial charge on any atom is -0.489 e. The number of nitrogens with one attached hydrogen (secondary N) is 1. The molecule has 0 aromatic carbocycles. The number of ether oxygens (including phenoxy) is 1. The minimum absolute atomic E-state index is 0.258. The summed E-state index contributed by atoms with van der Waals surface area (Å²) in [5.41, 5.74) is 1.19. The van der Waals surface area contributed by atoms with Crippen LogP contribution in [0.2, 0.25) is 0 Å². The molecule has 3 nitrogen and oxygen atoms in total. The van der Waals surface area contributed by atoms with Crippen molar-refractivity contribution < 1.29 is 4.74 Å². The summed E-state index contributed by atoms with van der Waals surface area (Å²) in [6.07, 6.45) is 7.26. The fraction of sp³-hybridized carbons (Fsp3) is 0.643. The predicted octanol–water partition coefficient (Wildman–Crippen LogP) is 3.15. The first-order valence-corrected chi connectivity index (χ1v) is 6.58. The third-order valence-electron chi connectivity index (χ3n) is 2.64. The number of hydrogen-bond donors (Lipinski definition) is 1. The average molecular weight is 236 g/mol. The molecule has 0 bridgehead atoms. The third kappa shape index (κ3) is 5.18. The van der Waals surface area contributed by atoms with Gasteiger partial charge < -0.3 is 10.1 Å². The maximum atomic E-state index is 5.91.